The predicted molar refractivity (Wildman–Crippen MR) is 114 cm³/mol. The molecule has 0 unspecified atom stereocenters. The lowest BCUT2D eigenvalue weighted by molar-refractivity contribution is -0.129. The number of anilines is 1. The van der Waals surface area contributed by atoms with E-state index in [0.717, 1.165) is 11.1 Å². The molecule has 0 radical (unpaired) electrons. The van der Waals surface area contributed by atoms with E-state index in [2.05, 4.69) is 16.0 Å². The molecule has 2 aromatic rings. The molecule has 8 heteroatoms. The minimum absolute atomic E-state index is 0.0691. The molecule has 2 heterocycles. The maximum Gasteiger partial charge on any atom is 0.322 e. The van der Waals surface area contributed by atoms with E-state index in [1.54, 1.807) is 42.3 Å². The number of amides is 5. The molecule has 8 nitrogen and oxygen atoms in total. The molecule has 2 aliphatic heterocycles. The van der Waals surface area contributed by atoms with Gasteiger partial charge in [0.15, 0.2) is 0 Å². The first-order valence-corrected chi connectivity index (χ1v) is 9.88. The van der Waals surface area contributed by atoms with E-state index < -0.39 is 23.5 Å². The third kappa shape index (κ3) is 3.79. The van der Waals surface area contributed by atoms with Crippen molar-refractivity contribution in [2.24, 2.45) is 0 Å². The molecule has 31 heavy (non-hydrogen) atoms. The lowest BCUT2D eigenvalue weighted by Crippen LogP contribution is -2.40. The Labute approximate surface area is 179 Å². The van der Waals surface area contributed by atoms with Crippen LogP contribution in [0.4, 0.5) is 10.5 Å². The molecule has 1 fully saturated rings. The lowest BCUT2D eigenvalue weighted by atomic mass is 9.92. The van der Waals surface area contributed by atoms with Crippen LogP contribution in [-0.4, -0.2) is 28.7 Å². The van der Waals surface area contributed by atoms with Crippen molar-refractivity contribution in [2.45, 2.75) is 31.8 Å². The molecule has 2 aromatic carbocycles. The van der Waals surface area contributed by atoms with Gasteiger partial charge >= 0.3 is 6.03 Å². The third-order valence-electron chi connectivity index (χ3n) is 5.62. The number of urea groups is 1. The number of carbonyl (C=O) groups is 4. The number of nitrogens with one attached hydrogen (secondary N) is 3. The molecule has 0 bridgehead atoms. The van der Waals surface area contributed by atoms with E-state index in [-0.39, 0.29) is 18.2 Å². The van der Waals surface area contributed by atoms with Gasteiger partial charge < -0.3 is 15.5 Å². The summed E-state index contributed by atoms with van der Waals surface area (Å²) in [5.41, 5.74) is 1.70. The number of hydrogen-bond donors (Lipinski definition) is 3. The van der Waals surface area contributed by atoms with Gasteiger partial charge in [-0.25, -0.2) is 4.79 Å². The topological polar surface area (TPSA) is 108 Å². The van der Waals surface area contributed by atoms with Gasteiger partial charge in [-0.05, 0) is 41.8 Å². The van der Waals surface area contributed by atoms with Crippen molar-refractivity contribution in [1.29, 1.82) is 0 Å². The van der Waals surface area contributed by atoms with Gasteiger partial charge in [-0.15, -0.1) is 0 Å². The monoisotopic (exact) mass is 418 g/mol. The Hall–Kier alpha value is -3.94. The Morgan fingerprint density at radius 1 is 1.13 bits per heavy atom. The van der Waals surface area contributed by atoms with Crippen LogP contribution in [0.5, 0.6) is 0 Å². The molecule has 0 aliphatic carbocycles. The average molecular weight is 418 g/mol. The highest BCUT2D eigenvalue weighted by Crippen LogP contribution is 2.33. The smallest absolute Gasteiger partial charge is 0.322 e. The van der Waals surface area contributed by atoms with Gasteiger partial charge in [0.2, 0.25) is 11.8 Å². The summed E-state index contributed by atoms with van der Waals surface area (Å²) in [4.78, 5) is 50.3. The third-order valence-corrected chi connectivity index (χ3v) is 5.62. The zero-order valence-corrected chi connectivity index (χ0v) is 17.1. The summed E-state index contributed by atoms with van der Waals surface area (Å²) in [5.74, 6) is -0.881. The highest BCUT2D eigenvalue weighted by atomic mass is 16.2. The minimum atomic E-state index is -1.21. The zero-order valence-electron chi connectivity index (χ0n) is 17.1. The minimum Gasteiger partial charge on any atom is -0.326 e. The largest absolute Gasteiger partial charge is 0.326 e. The van der Waals surface area contributed by atoms with Gasteiger partial charge in [-0.2, -0.15) is 0 Å². The van der Waals surface area contributed by atoms with Crippen molar-refractivity contribution >= 4 is 35.5 Å². The molecule has 2 atom stereocenters. The Kier molecular flexibility index (Phi) is 5.06. The molecule has 1 saturated heterocycles. The van der Waals surface area contributed by atoms with Gasteiger partial charge in [-0.3, -0.25) is 19.7 Å². The number of carbonyl (C=O) groups excluding carboxylic acids is 4. The van der Waals surface area contributed by atoms with E-state index in [4.69, 9.17) is 0 Å². The molecule has 4 rings (SSSR count). The van der Waals surface area contributed by atoms with Crippen LogP contribution >= 0.6 is 0 Å². The highest BCUT2D eigenvalue weighted by Gasteiger charge is 2.43. The maximum absolute atomic E-state index is 12.9. The van der Waals surface area contributed by atoms with E-state index in [1.165, 1.54) is 6.92 Å². The van der Waals surface area contributed by atoms with Crippen LogP contribution in [0.25, 0.3) is 6.08 Å². The standard InChI is InChI=1S/C23H22N4O4/c1-14(28)27-11-10-15-6-3-4-9-18(15)19(27)13-20(29)24-17-8-5-7-16(12-17)23(2)21(30)25-22(31)26-23/h3-12,19H,13H2,1-2H3,(H,24,29)(H2,25,26,30,31)/t19-,23-/m1/s1. The zero-order chi connectivity index (χ0) is 22.2. The fourth-order valence-electron chi connectivity index (χ4n) is 3.96. The van der Waals surface area contributed by atoms with Crippen LogP contribution in [0.1, 0.15) is 43.0 Å². The first kappa shape index (κ1) is 20.3. The first-order valence-electron chi connectivity index (χ1n) is 9.88. The van der Waals surface area contributed by atoms with E-state index in [0.29, 0.717) is 11.3 Å². The number of fused-ring (bicyclic) bond motifs is 1. The Morgan fingerprint density at radius 3 is 2.61 bits per heavy atom. The lowest BCUT2D eigenvalue weighted by Gasteiger charge is -2.32. The van der Waals surface area contributed by atoms with E-state index in [9.17, 15) is 19.2 Å². The molecule has 5 amide bonds. The molecule has 0 spiro atoms. The van der Waals surface area contributed by atoms with Crippen molar-refractivity contribution in [3.63, 3.8) is 0 Å². The Morgan fingerprint density at radius 2 is 1.90 bits per heavy atom. The van der Waals surface area contributed by atoms with Gasteiger partial charge in [0.05, 0.1) is 12.5 Å². The first-order chi connectivity index (χ1) is 14.8. The van der Waals surface area contributed by atoms with Crippen molar-refractivity contribution in [2.75, 3.05) is 5.32 Å². The SMILES string of the molecule is CC(=O)N1C=Cc2ccccc2[C@H]1CC(=O)Nc1cccc([C@@]2(C)NC(=O)NC2=O)c1. The quantitative estimate of drug-likeness (QED) is 0.664. The fourth-order valence-corrected chi connectivity index (χ4v) is 3.96. The maximum atomic E-state index is 12.9. The number of imide groups is 1. The van der Waals surface area contributed by atoms with Crippen molar-refractivity contribution in [3.8, 4) is 0 Å². The normalized spacial score (nSPS) is 21.9. The van der Waals surface area contributed by atoms with Crippen LogP contribution in [0.3, 0.4) is 0 Å². The number of nitrogens with zero attached hydrogens (tertiary/aromatic N) is 1. The van der Waals surface area contributed by atoms with Gasteiger partial charge in [-0.1, -0.05) is 36.4 Å². The van der Waals surface area contributed by atoms with Gasteiger partial charge in [0, 0.05) is 18.8 Å². The van der Waals surface area contributed by atoms with Gasteiger partial charge in [0.25, 0.3) is 5.91 Å². The summed E-state index contributed by atoms with van der Waals surface area (Å²) in [6.45, 7) is 3.07. The van der Waals surface area contributed by atoms with Crippen LogP contribution in [0, 0.1) is 0 Å². The Bertz CT molecular complexity index is 1130. The Balaban J connectivity index is 1.54. The summed E-state index contributed by atoms with van der Waals surface area (Å²) >= 11 is 0. The van der Waals surface area contributed by atoms with E-state index >= 15 is 0 Å². The molecular formula is C23H22N4O4. The summed E-state index contributed by atoms with van der Waals surface area (Å²) in [7, 11) is 0. The number of benzene rings is 2. The second-order valence-corrected chi connectivity index (χ2v) is 7.75. The molecule has 3 N–H and O–H groups in total. The van der Waals surface area contributed by atoms with Crippen LogP contribution in [0.2, 0.25) is 0 Å². The van der Waals surface area contributed by atoms with Gasteiger partial charge in [0.1, 0.15) is 5.54 Å². The van der Waals surface area contributed by atoms with Crippen molar-refractivity contribution in [1.82, 2.24) is 15.5 Å². The van der Waals surface area contributed by atoms with E-state index in [1.807, 2.05) is 30.3 Å². The fraction of sp³-hybridized carbons (Fsp3) is 0.217. The van der Waals surface area contributed by atoms with Crippen LogP contribution in [0.15, 0.2) is 54.7 Å². The number of rotatable bonds is 4. The van der Waals surface area contributed by atoms with Crippen LogP contribution in [-0.2, 0) is 19.9 Å². The summed E-state index contributed by atoms with van der Waals surface area (Å²) < 4.78 is 0. The molecule has 0 aromatic heterocycles. The highest BCUT2D eigenvalue weighted by molar-refractivity contribution is 6.07. The summed E-state index contributed by atoms with van der Waals surface area (Å²) in [6.07, 6.45) is 3.63. The van der Waals surface area contributed by atoms with Crippen molar-refractivity contribution < 1.29 is 19.2 Å². The second kappa shape index (κ2) is 7.71. The van der Waals surface area contributed by atoms with Crippen molar-refractivity contribution in [3.05, 3.63) is 71.4 Å². The second-order valence-electron chi connectivity index (χ2n) is 7.75. The molecule has 0 saturated carbocycles. The van der Waals surface area contributed by atoms with Crippen LogP contribution < -0.4 is 16.0 Å². The molecular weight excluding hydrogens is 396 g/mol. The molecule has 158 valence electrons. The average Bonchev–Trinajstić information content (AvgIpc) is 3.00. The molecule has 2 aliphatic rings. The summed E-state index contributed by atoms with van der Waals surface area (Å²) in [5, 5.41) is 7.67. The summed E-state index contributed by atoms with van der Waals surface area (Å²) in [6, 6.07) is 13.4. The number of hydrogen-bond acceptors (Lipinski definition) is 4. The predicted octanol–water partition coefficient (Wildman–Crippen LogP) is 2.64.